The van der Waals surface area contributed by atoms with Gasteiger partial charge in [0.25, 0.3) is 0 Å². The number of nitrogens with zero attached hydrogens (tertiary/aromatic N) is 2. The molecular formula is C16H21FN2O3S. The summed E-state index contributed by atoms with van der Waals surface area (Å²) in [6, 6.07) is 4.90. The fourth-order valence-electron chi connectivity index (χ4n) is 3.68. The number of halogens is 1. The maximum atomic E-state index is 13.0. The van der Waals surface area contributed by atoms with E-state index in [1.165, 1.54) is 16.4 Å². The molecule has 0 aromatic heterocycles. The van der Waals surface area contributed by atoms with E-state index in [-0.39, 0.29) is 10.8 Å². The Kier molecular flexibility index (Phi) is 4.18. The van der Waals surface area contributed by atoms with Crippen LogP contribution in [0.2, 0.25) is 0 Å². The van der Waals surface area contributed by atoms with Gasteiger partial charge in [-0.2, -0.15) is 4.31 Å². The lowest BCUT2D eigenvalue weighted by Gasteiger charge is -2.50. The van der Waals surface area contributed by atoms with Gasteiger partial charge >= 0.3 is 0 Å². The van der Waals surface area contributed by atoms with Crippen molar-refractivity contribution in [2.24, 2.45) is 0 Å². The predicted molar refractivity (Wildman–Crippen MR) is 83.7 cm³/mol. The molecule has 0 aliphatic carbocycles. The highest BCUT2D eigenvalue weighted by molar-refractivity contribution is 7.89. The summed E-state index contributed by atoms with van der Waals surface area (Å²) < 4.78 is 40.1. The van der Waals surface area contributed by atoms with Crippen molar-refractivity contribution in [2.45, 2.75) is 42.5 Å². The van der Waals surface area contributed by atoms with Gasteiger partial charge in [-0.3, -0.25) is 4.79 Å². The number of sulfonamides is 1. The van der Waals surface area contributed by atoms with Gasteiger partial charge in [-0.1, -0.05) is 0 Å². The molecule has 1 spiro atoms. The number of benzene rings is 1. The molecule has 0 saturated carbocycles. The first-order valence-electron chi connectivity index (χ1n) is 7.88. The SMILES string of the molecule is CN1C(=O)CCC[C@]12CCCN(S(=O)(=O)c1ccc(F)cc1)C2. The minimum Gasteiger partial charge on any atom is -0.339 e. The lowest BCUT2D eigenvalue weighted by Crippen LogP contribution is -2.61. The Balaban J connectivity index is 1.88. The summed E-state index contributed by atoms with van der Waals surface area (Å²) in [5.74, 6) is -0.381. The Morgan fingerprint density at radius 3 is 2.48 bits per heavy atom. The molecule has 2 heterocycles. The van der Waals surface area contributed by atoms with Crippen LogP contribution in [-0.4, -0.2) is 49.2 Å². The van der Waals surface area contributed by atoms with Gasteiger partial charge in [-0.15, -0.1) is 0 Å². The quantitative estimate of drug-likeness (QED) is 0.827. The average molecular weight is 340 g/mol. The number of hydrogen-bond acceptors (Lipinski definition) is 3. The van der Waals surface area contributed by atoms with E-state index in [0.717, 1.165) is 37.8 Å². The molecule has 0 unspecified atom stereocenters. The number of carbonyl (C=O) groups excluding carboxylic acids is 1. The molecule has 0 N–H and O–H groups in total. The normalized spacial score (nSPS) is 26.7. The summed E-state index contributed by atoms with van der Waals surface area (Å²) in [6.07, 6.45) is 3.70. The zero-order valence-corrected chi connectivity index (χ0v) is 14.0. The maximum absolute atomic E-state index is 13.0. The van der Waals surface area contributed by atoms with Crippen LogP contribution in [0.1, 0.15) is 32.1 Å². The second-order valence-electron chi connectivity index (χ2n) is 6.43. The molecule has 2 aliphatic heterocycles. The molecule has 7 heteroatoms. The summed E-state index contributed by atoms with van der Waals surface area (Å²) in [6.45, 7) is 0.748. The largest absolute Gasteiger partial charge is 0.339 e. The van der Waals surface area contributed by atoms with Gasteiger partial charge in [0.15, 0.2) is 0 Å². The summed E-state index contributed by atoms with van der Waals surface area (Å²) in [7, 11) is -1.89. The van der Waals surface area contributed by atoms with Gasteiger partial charge < -0.3 is 4.90 Å². The Morgan fingerprint density at radius 1 is 1.13 bits per heavy atom. The van der Waals surface area contributed by atoms with Crippen molar-refractivity contribution in [2.75, 3.05) is 20.1 Å². The highest BCUT2D eigenvalue weighted by Gasteiger charge is 2.45. The monoisotopic (exact) mass is 340 g/mol. The fraction of sp³-hybridized carbons (Fsp3) is 0.562. The molecule has 3 rings (SSSR count). The van der Waals surface area contributed by atoms with E-state index in [0.29, 0.717) is 19.5 Å². The first kappa shape index (κ1) is 16.4. The van der Waals surface area contributed by atoms with Gasteiger partial charge in [-0.25, -0.2) is 12.8 Å². The van der Waals surface area contributed by atoms with Crippen LogP contribution in [-0.2, 0) is 14.8 Å². The third kappa shape index (κ3) is 2.87. The number of rotatable bonds is 2. The summed E-state index contributed by atoms with van der Waals surface area (Å²) in [4.78, 5) is 13.9. The number of likely N-dealkylation sites (tertiary alicyclic amines) is 1. The van der Waals surface area contributed by atoms with E-state index in [9.17, 15) is 17.6 Å². The second-order valence-corrected chi connectivity index (χ2v) is 8.36. The topological polar surface area (TPSA) is 57.7 Å². The zero-order chi connectivity index (χ0) is 16.7. The van der Waals surface area contributed by atoms with E-state index in [4.69, 9.17) is 0 Å². The average Bonchev–Trinajstić information content (AvgIpc) is 2.53. The van der Waals surface area contributed by atoms with Gasteiger partial charge in [0.2, 0.25) is 15.9 Å². The summed E-state index contributed by atoms with van der Waals surface area (Å²) >= 11 is 0. The first-order valence-corrected chi connectivity index (χ1v) is 9.32. The molecule has 23 heavy (non-hydrogen) atoms. The van der Waals surface area contributed by atoms with Crippen molar-refractivity contribution in [3.8, 4) is 0 Å². The molecule has 2 saturated heterocycles. The molecule has 2 fully saturated rings. The Hall–Kier alpha value is -1.47. The lowest BCUT2D eigenvalue weighted by molar-refractivity contribution is -0.141. The molecular weight excluding hydrogens is 319 g/mol. The minimum absolute atomic E-state index is 0.0808. The highest BCUT2D eigenvalue weighted by Crippen LogP contribution is 2.37. The highest BCUT2D eigenvalue weighted by atomic mass is 32.2. The van der Waals surface area contributed by atoms with Crippen LogP contribution in [0.5, 0.6) is 0 Å². The Labute approximate surface area is 136 Å². The van der Waals surface area contributed by atoms with Crippen LogP contribution in [0.25, 0.3) is 0 Å². The van der Waals surface area contributed by atoms with Gasteiger partial charge in [0, 0.05) is 26.6 Å². The van der Waals surface area contributed by atoms with Gasteiger partial charge in [-0.05, 0) is 49.9 Å². The summed E-state index contributed by atoms with van der Waals surface area (Å²) in [5.41, 5.74) is -0.402. The van der Waals surface area contributed by atoms with Crippen molar-refractivity contribution in [3.05, 3.63) is 30.1 Å². The molecule has 5 nitrogen and oxygen atoms in total. The van der Waals surface area contributed by atoms with Crippen LogP contribution < -0.4 is 0 Å². The first-order chi connectivity index (χ1) is 10.8. The van der Waals surface area contributed by atoms with Gasteiger partial charge in [0.1, 0.15) is 5.82 Å². The molecule has 0 radical (unpaired) electrons. The lowest BCUT2D eigenvalue weighted by atomic mass is 9.81. The molecule has 1 aromatic carbocycles. The van der Waals surface area contributed by atoms with Gasteiger partial charge in [0.05, 0.1) is 10.4 Å². The number of amides is 1. The van der Waals surface area contributed by atoms with Crippen LogP contribution in [0, 0.1) is 5.82 Å². The third-order valence-corrected chi connectivity index (χ3v) is 6.95. The number of carbonyl (C=O) groups is 1. The van der Waals surface area contributed by atoms with Crippen molar-refractivity contribution in [3.63, 3.8) is 0 Å². The molecule has 126 valence electrons. The van der Waals surface area contributed by atoms with Crippen LogP contribution in [0.3, 0.4) is 0 Å². The summed E-state index contributed by atoms with van der Waals surface area (Å²) in [5, 5.41) is 0. The van der Waals surface area contributed by atoms with E-state index in [1.54, 1.807) is 11.9 Å². The minimum atomic E-state index is -3.67. The third-order valence-electron chi connectivity index (χ3n) is 5.09. The van der Waals surface area contributed by atoms with E-state index < -0.39 is 21.4 Å². The van der Waals surface area contributed by atoms with Crippen LogP contribution >= 0.6 is 0 Å². The molecule has 1 atom stereocenters. The molecule has 2 aliphatic rings. The molecule has 0 bridgehead atoms. The van der Waals surface area contributed by atoms with Crippen molar-refractivity contribution in [1.29, 1.82) is 0 Å². The molecule has 1 aromatic rings. The number of hydrogen-bond donors (Lipinski definition) is 0. The standard InChI is InChI=1S/C16H21FN2O3S/c1-18-15(20)4-2-9-16(18)10-3-11-19(12-16)23(21,22)14-7-5-13(17)6-8-14/h5-8H,2-4,9-12H2,1H3/t16-/m1/s1. The van der Waals surface area contributed by atoms with E-state index in [1.807, 2.05) is 0 Å². The molecule has 1 amide bonds. The zero-order valence-electron chi connectivity index (χ0n) is 13.2. The number of piperidine rings is 2. The Morgan fingerprint density at radius 2 is 1.78 bits per heavy atom. The smallest absolute Gasteiger partial charge is 0.243 e. The van der Waals surface area contributed by atoms with Crippen LogP contribution in [0.4, 0.5) is 4.39 Å². The van der Waals surface area contributed by atoms with E-state index in [2.05, 4.69) is 0 Å². The van der Waals surface area contributed by atoms with Crippen molar-refractivity contribution in [1.82, 2.24) is 9.21 Å². The van der Waals surface area contributed by atoms with E-state index >= 15 is 0 Å². The van der Waals surface area contributed by atoms with Crippen molar-refractivity contribution < 1.29 is 17.6 Å². The van der Waals surface area contributed by atoms with Crippen molar-refractivity contribution >= 4 is 15.9 Å². The predicted octanol–water partition coefficient (Wildman–Crippen LogP) is 1.99. The Bertz CT molecular complexity index is 701. The number of likely N-dealkylation sites (N-methyl/N-ethyl adjacent to an activating group) is 1. The second kappa shape index (κ2) is 5.87. The van der Waals surface area contributed by atoms with Crippen LogP contribution in [0.15, 0.2) is 29.2 Å². The fourth-order valence-corrected chi connectivity index (χ4v) is 5.24. The maximum Gasteiger partial charge on any atom is 0.243 e.